The van der Waals surface area contributed by atoms with Crippen molar-refractivity contribution in [1.29, 1.82) is 0 Å². The van der Waals surface area contributed by atoms with E-state index in [2.05, 4.69) is 5.10 Å². The monoisotopic (exact) mass is 216 g/mol. The van der Waals surface area contributed by atoms with Crippen LogP contribution in [0.3, 0.4) is 0 Å². The molecule has 0 aliphatic rings. The van der Waals surface area contributed by atoms with Gasteiger partial charge in [0.2, 0.25) is 0 Å². The van der Waals surface area contributed by atoms with Crippen LogP contribution in [0.15, 0.2) is 29.3 Å². The van der Waals surface area contributed by atoms with Gasteiger partial charge in [-0.05, 0) is 19.1 Å². The molecule has 3 aromatic heterocycles. The van der Waals surface area contributed by atoms with Crippen molar-refractivity contribution < 1.29 is 0 Å². The quantitative estimate of drug-likeness (QED) is 0.609. The summed E-state index contributed by atoms with van der Waals surface area (Å²) in [6, 6.07) is 3.71. The fourth-order valence-electron chi connectivity index (χ4n) is 2.19. The maximum Gasteiger partial charge on any atom is 0.275 e. The third-order valence-electron chi connectivity index (χ3n) is 2.94. The summed E-state index contributed by atoms with van der Waals surface area (Å²) in [6.07, 6.45) is 3.63. The van der Waals surface area contributed by atoms with E-state index in [0.717, 1.165) is 11.2 Å². The van der Waals surface area contributed by atoms with Gasteiger partial charge in [0.25, 0.3) is 5.56 Å². The van der Waals surface area contributed by atoms with Crippen LogP contribution < -0.4 is 5.56 Å². The minimum absolute atomic E-state index is 0.0352. The zero-order valence-corrected chi connectivity index (χ0v) is 9.21. The Hall–Kier alpha value is -2.04. The highest BCUT2D eigenvalue weighted by Gasteiger charge is 2.12. The second kappa shape index (κ2) is 2.98. The van der Waals surface area contributed by atoms with Gasteiger partial charge in [-0.2, -0.15) is 5.10 Å². The molecule has 0 aromatic carbocycles. The van der Waals surface area contributed by atoms with Crippen LogP contribution in [0.2, 0.25) is 0 Å². The van der Waals surface area contributed by atoms with Crippen molar-refractivity contribution >= 4 is 16.7 Å². The van der Waals surface area contributed by atoms with Crippen molar-refractivity contribution in [3.63, 3.8) is 0 Å². The molecule has 0 aliphatic heterocycles. The molecule has 82 valence electrons. The number of rotatable bonds is 1. The van der Waals surface area contributed by atoms with Gasteiger partial charge in [0, 0.05) is 19.8 Å². The van der Waals surface area contributed by atoms with Crippen molar-refractivity contribution in [2.24, 2.45) is 7.05 Å². The van der Waals surface area contributed by atoms with Gasteiger partial charge < -0.3 is 4.57 Å². The molecule has 0 bridgehead atoms. The molecule has 0 aliphatic carbocycles. The number of hydrogen-bond donors (Lipinski definition) is 0. The van der Waals surface area contributed by atoms with E-state index in [1.165, 1.54) is 0 Å². The third-order valence-corrected chi connectivity index (χ3v) is 2.94. The highest BCUT2D eigenvalue weighted by atomic mass is 16.1. The van der Waals surface area contributed by atoms with Crippen LogP contribution in [0.5, 0.6) is 0 Å². The molecule has 5 nitrogen and oxygen atoms in total. The summed E-state index contributed by atoms with van der Waals surface area (Å²) in [4.78, 5) is 12.1. The van der Waals surface area contributed by atoms with Crippen molar-refractivity contribution in [3.05, 3.63) is 34.9 Å². The standard InChI is InChI=1S/C11H12N4O/c1-3-14-9-7-12-13(2)10(9)15-6-4-5-8(15)11(14)16/h4-7H,3H2,1-2H3. The van der Waals surface area contributed by atoms with E-state index in [1.54, 1.807) is 15.4 Å². The van der Waals surface area contributed by atoms with Crippen LogP contribution in [0, 0.1) is 0 Å². The van der Waals surface area contributed by atoms with Crippen LogP contribution >= 0.6 is 0 Å². The average molecular weight is 216 g/mol. The lowest BCUT2D eigenvalue weighted by molar-refractivity contribution is 0.752. The molecule has 0 spiro atoms. The summed E-state index contributed by atoms with van der Waals surface area (Å²) < 4.78 is 5.42. The van der Waals surface area contributed by atoms with Crippen LogP contribution in [0.4, 0.5) is 0 Å². The molecule has 5 heteroatoms. The number of nitrogens with zero attached hydrogens (tertiary/aromatic N) is 4. The Morgan fingerprint density at radius 2 is 2.19 bits per heavy atom. The van der Waals surface area contributed by atoms with E-state index in [9.17, 15) is 4.79 Å². The molecule has 0 fully saturated rings. The summed E-state index contributed by atoms with van der Waals surface area (Å²) >= 11 is 0. The first-order valence-electron chi connectivity index (χ1n) is 5.25. The van der Waals surface area contributed by atoms with E-state index >= 15 is 0 Å². The highest BCUT2D eigenvalue weighted by Crippen LogP contribution is 2.13. The van der Waals surface area contributed by atoms with E-state index in [1.807, 2.05) is 36.7 Å². The molecule has 0 atom stereocenters. The molecular weight excluding hydrogens is 204 g/mol. The number of aryl methyl sites for hydroxylation is 2. The molecule has 16 heavy (non-hydrogen) atoms. The first-order valence-corrected chi connectivity index (χ1v) is 5.25. The summed E-state index contributed by atoms with van der Waals surface area (Å²) in [5.74, 6) is 0. The largest absolute Gasteiger partial charge is 0.303 e. The molecular formula is C11H12N4O. The molecule has 0 unspecified atom stereocenters. The molecule has 3 aromatic rings. The molecule has 0 saturated carbocycles. The lowest BCUT2D eigenvalue weighted by Crippen LogP contribution is -2.21. The van der Waals surface area contributed by atoms with E-state index < -0.39 is 0 Å². The minimum Gasteiger partial charge on any atom is -0.303 e. The summed E-state index contributed by atoms with van der Waals surface area (Å²) in [7, 11) is 1.88. The van der Waals surface area contributed by atoms with Crippen LogP contribution in [-0.2, 0) is 13.6 Å². The van der Waals surface area contributed by atoms with Crippen molar-refractivity contribution in [3.8, 4) is 0 Å². The Bertz CT molecular complexity index is 731. The number of hydrogen-bond acceptors (Lipinski definition) is 2. The van der Waals surface area contributed by atoms with Gasteiger partial charge in [-0.15, -0.1) is 0 Å². The Labute approximate surface area is 91.5 Å². The van der Waals surface area contributed by atoms with Gasteiger partial charge >= 0.3 is 0 Å². The lowest BCUT2D eigenvalue weighted by atomic mass is 10.4. The van der Waals surface area contributed by atoms with Gasteiger partial charge in [-0.3, -0.25) is 13.9 Å². The molecule has 3 heterocycles. The van der Waals surface area contributed by atoms with Gasteiger partial charge in [-0.1, -0.05) is 0 Å². The zero-order valence-electron chi connectivity index (χ0n) is 9.21. The zero-order chi connectivity index (χ0) is 11.3. The van der Waals surface area contributed by atoms with Gasteiger partial charge in [0.05, 0.1) is 6.20 Å². The molecule has 0 N–H and O–H groups in total. The van der Waals surface area contributed by atoms with Gasteiger partial charge in [0.1, 0.15) is 11.0 Å². The summed E-state index contributed by atoms with van der Waals surface area (Å²) in [5, 5.41) is 4.21. The molecule has 0 saturated heterocycles. The van der Waals surface area contributed by atoms with E-state index in [-0.39, 0.29) is 5.56 Å². The summed E-state index contributed by atoms with van der Waals surface area (Å²) in [6.45, 7) is 2.62. The van der Waals surface area contributed by atoms with E-state index in [4.69, 9.17) is 0 Å². The molecule has 3 rings (SSSR count). The Kier molecular flexibility index (Phi) is 1.71. The predicted octanol–water partition coefficient (Wildman–Crippen LogP) is 1.01. The first-order chi connectivity index (χ1) is 7.74. The van der Waals surface area contributed by atoms with Crippen LogP contribution in [0.1, 0.15) is 6.92 Å². The Morgan fingerprint density at radius 1 is 1.38 bits per heavy atom. The fourth-order valence-corrected chi connectivity index (χ4v) is 2.19. The Balaban J connectivity index is 2.72. The second-order valence-corrected chi connectivity index (χ2v) is 3.79. The number of aromatic nitrogens is 4. The van der Waals surface area contributed by atoms with Gasteiger partial charge in [-0.25, -0.2) is 0 Å². The predicted molar refractivity (Wildman–Crippen MR) is 61.6 cm³/mol. The first kappa shape index (κ1) is 9.21. The highest BCUT2D eigenvalue weighted by molar-refractivity contribution is 5.75. The van der Waals surface area contributed by atoms with Crippen LogP contribution in [0.25, 0.3) is 16.7 Å². The lowest BCUT2D eigenvalue weighted by Gasteiger charge is -2.07. The topological polar surface area (TPSA) is 44.2 Å². The van der Waals surface area contributed by atoms with Crippen LogP contribution in [-0.4, -0.2) is 18.7 Å². The SMILES string of the molecule is CCn1c(=O)c2cccn2c2c1cnn2C. The second-order valence-electron chi connectivity index (χ2n) is 3.79. The van der Waals surface area contributed by atoms with Crippen molar-refractivity contribution in [2.45, 2.75) is 13.5 Å². The molecule has 0 radical (unpaired) electrons. The van der Waals surface area contributed by atoms with Gasteiger partial charge in [0.15, 0.2) is 5.65 Å². The smallest absolute Gasteiger partial charge is 0.275 e. The Morgan fingerprint density at radius 3 is 2.94 bits per heavy atom. The van der Waals surface area contributed by atoms with Crippen molar-refractivity contribution in [1.82, 2.24) is 18.7 Å². The normalized spacial score (nSPS) is 11.6. The summed E-state index contributed by atoms with van der Waals surface area (Å²) in [5.41, 5.74) is 2.55. The third kappa shape index (κ3) is 0.946. The van der Waals surface area contributed by atoms with E-state index in [0.29, 0.717) is 12.1 Å². The maximum absolute atomic E-state index is 12.1. The van der Waals surface area contributed by atoms with Crippen molar-refractivity contribution in [2.75, 3.05) is 0 Å². The maximum atomic E-state index is 12.1. The minimum atomic E-state index is 0.0352. The number of fused-ring (bicyclic) bond motifs is 3. The fraction of sp³-hybridized carbons (Fsp3) is 0.273. The molecule has 0 amide bonds. The average Bonchev–Trinajstić information content (AvgIpc) is 2.86.